The van der Waals surface area contributed by atoms with Gasteiger partial charge in [-0.05, 0) is 137 Å². The maximum atomic E-state index is 9.36. The molecule has 6 heteroatoms. The van der Waals surface area contributed by atoms with Crippen molar-refractivity contribution in [2.75, 3.05) is 16.5 Å². The minimum Gasteiger partial charge on any atom is -0.457 e. The first-order valence-corrected chi connectivity index (χ1v) is 24.0. The van der Waals surface area contributed by atoms with E-state index in [1.54, 1.807) is 0 Å². The Hall–Kier alpha value is -8.09. The second-order valence-electron chi connectivity index (χ2n) is 20.6. The molecule has 350 valence electrons. The van der Waals surface area contributed by atoms with Crippen LogP contribution in [0.2, 0.25) is 0 Å². The lowest BCUT2D eigenvalue weighted by molar-refractivity contribution is 0.479. The molecule has 0 unspecified atom stereocenters. The van der Waals surface area contributed by atoms with E-state index in [1.807, 2.05) is 86.5 Å². The molecule has 0 amide bonds. The smallest absolute Gasteiger partial charge is 0.145 e. The molecule has 11 aromatic rings. The van der Waals surface area contributed by atoms with Crippen molar-refractivity contribution in [2.24, 2.45) is 0 Å². The highest BCUT2D eigenvalue weighted by Crippen LogP contribution is 2.53. The topological polar surface area (TPSA) is 46.7 Å². The lowest BCUT2D eigenvalue weighted by Crippen LogP contribution is -2.26. The molecular formula is C65H58N4O2. The highest BCUT2D eigenvalue weighted by Gasteiger charge is 2.34. The van der Waals surface area contributed by atoms with Crippen molar-refractivity contribution < 1.29 is 22.9 Å². The van der Waals surface area contributed by atoms with Crippen molar-refractivity contribution in [1.82, 2.24) is 9.55 Å². The zero-order valence-electron chi connectivity index (χ0n) is 51.3. The lowest BCUT2D eigenvalue weighted by Gasteiger charge is -2.31. The number of furan rings is 1. The molecular weight excluding hydrogens is 869 g/mol. The van der Waals surface area contributed by atoms with Crippen molar-refractivity contribution in [3.63, 3.8) is 0 Å². The predicted octanol–water partition coefficient (Wildman–Crippen LogP) is 18.0. The van der Waals surface area contributed by atoms with Crippen LogP contribution in [0.15, 0.2) is 180 Å². The number of pyridine rings is 1. The van der Waals surface area contributed by atoms with Gasteiger partial charge in [0, 0.05) is 51.3 Å². The standard InChI is InChI=1S/C65H58N4O2/c1-40-41(2)59(43-20-12-10-13-21-43)62(60(42(40)3)44-22-14-11-15-23-44)68-39-67(53-25-17-18-26-54(53)68)47-34-46(65(7,8)9)35-49(37-47)70-48-28-29-52-56(38-48)69(58-36-45(32-33-66-58)64(4,5)6)55-31-30-51-50-24-16-19-27-57(50)71-63(51)61(52)55/h10-38H,39H2,1-9H3/i10D,11D,12D,13D,14D,15D,20D,21D,22D,23D. The van der Waals surface area contributed by atoms with E-state index in [2.05, 4.69) is 106 Å². The Morgan fingerprint density at radius 2 is 1.20 bits per heavy atom. The number of fused-ring (bicyclic) bond motifs is 8. The molecule has 1 aliphatic heterocycles. The molecule has 0 aliphatic carbocycles. The van der Waals surface area contributed by atoms with Crippen LogP contribution in [0.3, 0.4) is 0 Å². The Kier molecular flexibility index (Phi) is 7.97. The maximum absolute atomic E-state index is 9.36. The molecule has 12 rings (SSSR count). The summed E-state index contributed by atoms with van der Waals surface area (Å²) in [5.74, 6) is 1.90. The predicted molar refractivity (Wildman–Crippen MR) is 297 cm³/mol. The fourth-order valence-electron chi connectivity index (χ4n) is 10.3. The van der Waals surface area contributed by atoms with Gasteiger partial charge in [0.25, 0.3) is 0 Å². The second kappa shape index (κ2) is 16.5. The first-order chi connectivity index (χ1) is 38.4. The first-order valence-electron chi connectivity index (χ1n) is 29.0. The zero-order chi connectivity index (χ0) is 57.6. The summed E-state index contributed by atoms with van der Waals surface area (Å²) in [6.45, 7) is 18.6. The molecule has 71 heavy (non-hydrogen) atoms. The van der Waals surface area contributed by atoms with Crippen LogP contribution in [0.4, 0.5) is 22.7 Å². The third kappa shape index (κ3) is 7.35. The Bertz CT molecular complexity index is 4360. The lowest BCUT2D eigenvalue weighted by atomic mass is 9.85. The number of aromatic nitrogens is 2. The molecule has 0 N–H and O–H groups in total. The van der Waals surface area contributed by atoms with Crippen LogP contribution in [0.1, 0.15) is 83.1 Å². The van der Waals surface area contributed by atoms with E-state index >= 15 is 0 Å². The Labute approximate surface area is 430 Å². The van der Waals surface area contributed by atoms with Crippen molar-refractivity contribution in [2.45, 2.75) is 73.1 Å². The normalized spacial score (nSPS) is 15.0. The molecule has 0 bridgehead atoms. The van der Waals surface area contributed by atoms with Gasteiger partial charge in [0.1, 0.15) is 35.2 Å². The minimum absolute atomic E-state index is 0.0673. The number of hydrogen-bond acceptors (Lipinski definition) is 5. The van der Waals surface area contributed by atoms with E-state index in [0.29, 0.717) is 39.6 Å². The van der Waals surface area contributed by atoms with Crippen LogP contribution in [-0.4, -0.2) is 16.2 Å². The molecule has 0 atom stereocenters. The van der Waals surface area contributed by atoms with Gasteiger partial charge in [-0.2, -0.15) is 0 Å². The van der Waals surface area contributed by atoms with Gasteiger partial charge < -0.3 is 19.0 Å². The summed E-state index contributed by atoms with van der Waals surface area (Å²) in [5.41, 5.74) is 9.83. The van der Waals surface area contributed by atoms with Gasteiger partial charge in [-0.25, -0.2) is 4.98 Å². The second-order valence-corrected chi connectivity index (χ2v) is 20.6. The molecule has 4 heterocycles. The van der Waals surface area contributed by atoms with Crippen LogP contribution in [-0.2, 0) is 10.8 Å². The summed E-state index contributed by atoms with van der Waals surface area (Å²) in [7, 11) is 0. The molecule has 0 spiro atoms. The number of ether oxygens (including phenoxy) is 1. The van der Waals surface area contributed by atoms with Crippen LogP contribution in [0.5, 0.6) is 11.5 Å². The van der Waals surface area contributed by atoms with Gasteiger partial charge in [-0.1, -0.05) is 132 Å². The summed E-state index contributed by atoms with van der Waals surface area (Å²) < 4.78 is 106. The number of anilines is 4. The molecule has 1 aliphatic rings. The Morgan fingerprint density at radius 1 is 0.563 bits per heavy atom. The number of para-hydroxylation sites is 3. The average molecular weight is 937 g/mol. The monoisotopic (exact) mass is 937 g/mol. The van der Waals surface area contributed by atoms with Crippen LogP contribution < -0.4 is 14.5 Å². The largest absolute Gasteiger partial charge is 0.457 e. The van der Waals surface area contributed by atoms with E-state index < -0.39 is 60.4 Å². The highest BCUT2D eigenvalue weighted by molar-refractivity contribution is 6.24. The van der Waals surface area contributed by atoms with E-state index in [4.69, 9.17) is 22.4 Å². The maximum Gasteiger partial charge on any atom is 0.145 e. The quantitative estimate of drug-likeness (QED) is 0.159. The van der Waals surface area contributed by atoms with Gasteiger partial charge in [-0.3, -0.25) is 4.57 Å². The number of nitrogens with zero attached hydrogens (tertiary/aromatic N) is 4. The zero-order valence-corrected chi connectivity index (χ0v) is 41.3. The molecule has 8 aromatic carbocycles. The van der Waals surface area contributed by atoms with Crippen LogP contribution in [0.25, 0.3) is 71.8 Å². The third-order valence-electron chi connectivity index (χ3n) is 14.3. The SMILES string of the molecule is [2H]c1c([2H])c([2H])c(-c2c(C)c(C)c(C)c(-c3c([2H])c([2H])c([2H])c([2H])c3[2H])c2N2CN(c3cc(Oc4ccc5c6c7oc8ccccc8c7ccc6n(-c6cc(C(C)(C)C)ccn6)c5c4)cc(C(C)(C)C)c3)c3ccccc32)c([2H])c1[2H]. The fraction of sp³-hybridized carbons (Fsp3) is 0.185. The van der Waals surface area contributed by atoms with E-state index in [-0.39, 0.29) is 39.8 Å². The summed E-state index contributed by atoms with van der Waals surface area (Å²) in [4.78, 5) is 9.06. The average Bonchev–Trinajstić information content (AvgIpc) is 3.97. The van der Waals surface area contributed by atoms with Gasteiger partial charge in [0.05, 0.1) is 47.2 Å². The number of hydrogen-bond donors (Lipinski definition) is 0. The Morgan fingerprint density at radius 3 is 1.87 bits per heavy atom. The van der Waals surface area contributed by atoms with Crippen molar-refractivity contribution in [3.8, 4) is 39.6 Å². The third-order valence-corrected chi connectivity index (χ3v) is 14.3. The molecule has 0 saturated carbocycles. The van der Waals surface area contributed by atoms with E-state index in [0.717, 1.165) is 72.1 Å². The van der Waals surface area contributed by atoms with Gasteiger partial charge >= 0.3 is 0 Å². The van der Waals surface area contributed by atoms with Crippen molar-refractivity contribution in [3.05, 3.63) is 204 Å². The molecule has 3 aromatic heterocycles. The minimum atomic E-state index is -0.550. The Balaban J connectivity index is 1.06. The van der Waals surface area contributed by atoms with Gasteiger partial charge in [0.2, 0.25) is 0 Å². The summed E-state index contributed by atoms with van der Waals surface area (Å²) >= 11 is 0. The van der Waals surface area contributed by atoms with Crippen molar-refractivity contribution >= 4 is 66.5 Å². The van der Waals surface area contributed by atoms with Gasteiger partial charge in [0.15, 0.2) is 0 Å². The van der Waals surface area contributed by atoms with Crippen LogP contribution >= 0.6 is 0 Å². The molecule has 0 saturated heterocycles. The van der Waals surface area contributed by atoms with Crippen molar-refractivity contribution in [1.29, 1.82) is 0 Å². The number of rotatable bonds is 7. The molecule has 0 radical (unpaired) electrons. The summed E-state index contributed by atoms with van der Waals surface area (Å²) in [6, 6.07) is 31.6. The first kappa shape index (κ1) is 34.2. The molecule has 0 fully saturated rings. The van der Waals surface area contributed by atoms with Crippen LogP contribution in [0, 0.1) is 20.8 Å². The summed E-state index contributed by atoms with van der Waals surface area (Å²) in [6.07, 6.45) is 1.86. The fourth-order valence-corrected chi connectivity index (χ4v) is 10.3. The summed E-state index contributed by atoms with van der Waals surface area (Å²) in [5, 5.41) is 3.99. The molecule has 6 nitrogen and oxygen atoms in total. The highest BCUT2D eigenvalue weighted by atomic mass is 16.5. The van der Waals surface area contributed by atoms with E-state index in [9.17, 15) is 5.48 Å². The number of benzene rings is 8. The van der Waals surface area contributed by atoms with Gasteiger partial charge in [-0.15, -0.1) is 0 Å². The van der Waals surface area contributed by atoms with E-state index in [1.165, 1.54) is 0 Å².